The molecule has 4 aromatic rings. The summed E-state index contributed by atoms with van der Waals surface area (Å²) in [6.45, 7) is 4.19. The third-order valence-corrected chi connectivity index (χ3v) is 4.90. The van der Waals surface area contributed by atoms with E-state index in [-0.39, 0.29) is 5.56 Å². The summed E-state index contributed by atoms with van der Waals surface area (Å²) < 4.78 is 1.76. The molecule has 4 rings (SSSR count). The first-order valence-corrected chi connectivity index (χ1v) is 9.53. The molecule has 30 heavy (non-hydrogen) atoms. The second-order valence-corrected chi connectivity index (χ2v) is 6.85. The minimum atomic E-state index is -0.162. The SMILES string of the molecule is C=C/C=C\C(CNc1nc2cc[nH]c(=O)c2c2cc(-c3cnn(C)c3)ccc12)=NC. The minimum Gasteiger partial charge on any atom is -0.364 e. The van der Waals surface area contributed by atoms with Crippen LogP contribution in [0.25, 0.3) is 32.8 Å². The molecule has 3 aromatic heterocycles. The quantitative estimate of drug-likeness (QED) is 0.294. The highest BCUT2D eigenvalue weighted by Crippen LogP contribution is 2.31. The molecule has 1 aromatic carbocycles. The number of nitrogens with zero attached hydrogens (tertiary/aromatic N) is 4. The molecule has 7 heteroatoms. The summed E-state index contributed by atoms with van der Waals surface area (Å²) in [4.78, 5) is 24.4. The number of H-pyrrole nitrogens is 1. The number of nitrogens with one attached hydrogen (secondary N) is 2. The van der Waals surface area contributed by atoms with Crippen molar-refractivity contribution in [3.05, 3.63) is 78.0 Å². The number of aromatic amines is 1. The van der Waals surface area contributed by atoms with E-state index >= 15 is 0 Å². The van der Waals surface area contributed by atoms with Gasteiger partial charge in [0.1, 0.15) is 5.82 Å². The van der Waals surface area contributed by atoms with Gasteiger partial charge in [0.2, 0.25) is 0 Å². The van der Waals surface area contributed by atoms with Gasteiger partial charge >= 0.3 is 0 Å². The lowest BCUT2D eigenvalue weighted by atomic mass is 10.0. The molecule has 0 bridgehead atoms. The predicted octanol–water partition coefficient (Wildman–Crippen LogP) is 3.70. The van der Waals surface area contributed by atoms with E-state index in [1.807, 2.05) is 55.9 Å². The van der Waals surface area contributed by atoms with Crippen molar-refractivity contribution in [3.8, 4) is 11.1 Å². The molecule has 0 amide bonds. The molecule has 0 atom stereocenters. The summed E-state index contributed by atoms with van der Waals surface area (Å²) in [5.74, 6) is 0.703. The maximum absolute atomic E-state index is 12.6. The number of pyridine rings is 2. The Morgan fingerprint density at radius 1 is 1.30 bits per heavy atom. The van der Waals surface area contributed by atoms with Crippen molar-refractivity contribution in [1.82, 2.24) is 19.7 Å². The van der Waals surface area contributed by atoms with E-state index in [2.05, 4.69) is 27.0 Å². The van der Waals surface area contributed by atoms with Gasteiger partial charge < -0.3 is 10.3 Å². The highest BCUT2D eigenvalue weighted by atomic mass is 16.1. The van der Waals surface area contributed by atoms with Crippen LogP contribution in [0.2, 0.25) is 0 Å². The van der Waals surface area contributed by atoms with Gasteiger partial charge in [0.15, 0.2) is 0 Å². The van der Waals surface area contributed by atoms with Crippen LogP contribution in [0.4, 0.5) is 5.82 Å². The first-order valence-electron chi connectivity index (χ1n) is 9.53. The number of rotatable bonds is 6. The largest absolute Gasteiger partial charge is 0.364 e. The number of fused-ring (bicyclic) bond motifs is 3. The zero-order chi connectivity index (χ0) is 21.1. The molecule has 0 saturated carbocycles. The van der Waals surface area contributed by atoms with Gasteiger partial charge in [-0.3, -0.25) is 14.5 Å². The Kier molecular flexibility index (Phi) is 5.26. The van der Waals surface area contributed by atoms with Crippen molar-refractivity contribution in [2.45, 2.75) is 0 Å². The van der Waals surface area contributed by atoms with Gasteiger partial charge in [0.25, 0.3) is 5.56 Å². The maximum atomic E-state index is 12.6. The minimum absolute atomic E-state index is 0.162. The average molecular weight is 398 g/mol. The second-order valence-electron chi connectivity index (χ2n) is 6.85. The van der Waals surface area contributed by atoms with Crippen LogP contribution in [-0.2, 0) is 7.05 Å². The number of hydrogen-bond donors (Lipinski definition) is 2. The molecule has 3 heterocycles. The third kappa shape index (κ3) is 3.65. The molecule has 0 unspecified atom stereocenters. The van der Waals surface area contributed by atoms with Crippen molar-refractivity contribution in [3.63, 3.8) is 0 Å². The Hall–Kier alpha value is -4.00. The average Bonchev–Trinajstić information content (AvgIpc) is 3.19. The Morgan fingerprint density at radius 3 is 2.90 bits per heavy atom. The van der Waals surface area contributed by atoms with Crippen LogP contribution in [-0.4, -0.2) is 39.1 Å². The molecular weight excluding hydrogens is 376 g/mol. The van der Waals surface area contributed by atoms with Crippen molar-refractivity contribution < 1.29 is 0 Å². The molecule has 0 saturated heterocycles. The van der Waals surface area contributed by atoms with Gasteiger partial charge in [0, 0.05) is 42.8 Å². The third-order valence-electron chi connectivity index (χ3n) is 4.90. The first kappa shape index (κ1) is 19.3. The van der Waals surface area contributed by atoms with Crippen LogP contribution < -0.4 is 10.9 Å². The Labute approximate surface area is 173 Å². The molecule has 150 valence electrons. The summed E-state index contributed by atoms with van der Waals surface area (Å²) in [6, 6.07) is 7.83. The standard InChI is InChI=1S/C23H22N6O/c1-4-5-6-17(24-2)13-26-22-18-8-7-15(16-12-27-29(3)14-16)11-19(18)21-20(28-22)9-10-25-23(21)30/h4-12,14H,1,13H2,2-3H3,(H,25,30)(H,26,28)/b6-5-,24-17?. The molecule has 0 radical (unpaired) electrons. The maximum Gasteiger partial charge on any atom is 0.258 e. The van der Waals surface area contributed by atoms with E-state index in [9.17, 15) is 4.79 Å². The lowest BCUT2D eigenvalue weighted by molar-refractivity contribution is 0.768. The van der Waals surface area contributed by atoms with Crippen molar-refractivity contribution >= 4 is 33.2 Å². The van der Waals surface area contributed by atoms with Gasteiger partial charge in [-0.2, -0.15) is 5.10 Å². The van der Waals surface area contributed by atoms with Crippen LogP contribution in [0, 0.1) is 0 Å². The number of anilines is 1. The molecular formula is C23H22N6O. The number of allylic oxidation sites excluding steroid dienone is 2. The molecule has 2 N–H and O–H groups in total. The van der Waals surface area contributed by atoms with Crippen LogP contribution >= 0.6 is 0 Å². The van der Waals surface area contributed by atoms with Gasteiger partial charge in [0.05, 0.1) is 29.4 Å². The monoisotopic (exact) mass is 398 g/mol. The highest BCUT2D eigenvalue weighted by molar-refractivity contribution is 6.11. The lowest BCUT2D eigenvalue weighted by Gasteiger charge is -2.12. The number of aliphatic imine (C=N–C) groups is 1. The topological polar surface area (TPSA) is 88.0 Å². The van der Waals surface area contributed by atoms with Crippen LogP contribution in [0.1, 0.15) is 0 Å². The van der Waals surface area contributed by atoms with E-state index in [1.54, 1.807) is 24.0 Å². The number of aryl methyl sites for hydroxylation is 1. The summed E-state index contributed by atoms with van der Waals surface area (Å²) in [6.07, 6.45) is 10.8. The normalized spacial score (nSPS) is 12.1. The fraction of sp³-hybridized carbons (Fsp3) is 0.130. The van der Waals surface area contributed by atoms with Crippen LogP contribution in [0.15, 0.2) is 77.4 Å². The number of aromatic nitrogens is 4. The van der Waals surface area contributed by atoms with E-state index in [4.69, 9.17) is 4.98 Å². The van der Waals surface area contributed by atoms with E-state index in [0.717, 1.165) is 27.6 Å². The van der Waals surface area contributed by atoms with Crippen molar-refractivity contribution in [2.75, 3.05) is 18.9 Å². The second kappa shape index (κ2) is 8.16. The zero-order valence-corrected chi connectivity index (χ0v) is 16.9. The Balaban J connectivity index is 1.87. The smallest absolute Gasteiger partial charge is 0.258 e. The van der Waals surface area contributed by atoms with Gasteiger partial charge in [-0.15, -0.1) is 0 Å². The van der Waals surface area contributed by atoms with Crippen LogP contribution in [0.5, 0.6) is 0 Å². The fourth-order valence-corrected chi connectivity index (χ4v) is 3.41. The predicted molar refractivity (Wildman–Crippen MR) is 123 cm³/mol. The lowest BCUT2D eigenvalue weighted by Crippen LogP contribution is -2.14. The number of benzene rings is 1. The molecule has 0 fully saturated rings. The molecule has 0 spiro atoms. The van der Waals surface area contributed by atoms with Crippen molar-refractivity contribution in [1.29, 1.82) is 0 Å². The van der Waals surface area contributed by atoms with E-state index < -0.39 is 0 Å². The molecule has 0 aliphatic heterocycles. The van der Waals surface area contributed by atoms with Gasteiger partial charge in [-0.25, -0.2) is 4.98 Å². The zero-order valence-electron chi connectivity index (χ0n) is 16.9. The Morgan fingerprint density at radius 2 is 2.17 bits per heavy atom. The molecule has 7 nitrogen and oxygen atoms in total. The van der Waals surface area contributed by atoms with Gasteiger partial charge in [-0.05, 0) is 23.8 Å². The highest BCUT2D eigenvalue weighted by Gasteiger charge is 2.13. The summed E-state index contributed by atoms with van der Waals surface area (Å²) in [7, 11) is 3.63. The Bertz CT molecular complexity index is 1360. The summed E-state index contributed by atoms with van der Waals surface area (Å²) >= 11 is 0. The molecule has 0 aliphatic carbocycles. The first-order chi connectivity index (χ1) is 14.6. The fourth-order valence-electron chi connectivity index (χ4n) is 3.41. The summed E-state index contributed by atoms with van der Waals surface area (Å²) in [5.41, 5.74) is 3.31. The van der Waals surface area contributed by atoms with Crippen molar-refractivity contribution in [2.24, 2.45) is 12.0 Å². The van der Waals surface area contributed by atoms with Crippen LogP contribution in [0.3, 0.4) is 0 Å². The number of hydrogen-bond acceptors (Lipinski definition) is 5. The summed E-state index contributed by atoms with van der Waals surface area (Å²) in [5, 5.41) is 9.89. The van der Waals surface area contributed by atoms with Gasteiger partial charge in [-0.1, -0.05) is 30.9 Å². The molecule has 0 aliphatic rings. The van der Waals surface area contributed by atoms with E-state index in [1.165, 1.54) is 0 Å². The van der Waals surface area contributed by atoms with E-state index in [0.29, 0.717) is 23.3 Å².